The summed E-state index contributed by atoms with van der Waals surface area (Å²) in [7, 11) is -3.73. The first-order valence-electron chi connectivity index (χ1n) is 9.36. The first-order valence-corrected chi connectivity index (χ1v) is 10.9. The molecule has 0 unspecified atom stereocenters. The highest BCUT2D eigenvalue weighted by molar-refractivity contribution is 7.89. The van der Waals surface area contributed by atoms with Crippen LogP contribution < -0.4 is 5.14 Å². The molecular formula is C20H24N4O3S. The van der Waals surface area contributed by atoms with Crippen molar-refractivity contribution in [3.63, 3.8) is 0 Å². The summed E-state index contributed by atoms with van der Waals surface area (Å²) in [6.45, 7) is 7.64. The molecule has 0 fully saturated rings. The summed E-state index contributed by atoms with van der Waals surface area (Å²) in [5.41, 5.74) is 4.60. The zero-order valence-corrected chi connectivity index (χ0v) is 17.1. The van der Waals surface area contributed by atoms with Crippen LogP contribution in [0, 0.1) is 5.41 Å². The number of aryl methyl sites for hydroxylation is 1. The minimum Gasteiger partial charge on any atom is -0.351 e. The molecule has 0 spiro atoms. The summed E-state index contributed by atoms with van der Waals surface area (Å²) >= 11 is 0. The largest absolute Gasteiger partial charge is 0.351 e. The van der Waals surface area contributed by atoms with Gasteiger partial charge in [0.25, 0.3) is 5.89 Å². The van der Waals surface area contributed by atoms with Crippen molar-refractivity contribution in [1.82, 2.24) is 14.7 Å². The second-order valence-electron chi connectivity index (χ2n) is 8.09. The minimum atomic E-state index is -3.73. The third kappa shape index (κ3) is 3.38. The van der Waals surface area contributed by atoms with Crippen molar-refractivity contribution in [1.29, 1.82) is 0 Å². The molecule has 2 aromatic heterocycles. The lowest BCUT2D eigenvalue weighted by atomic mass is 9.76. The van der Waals surface area contributed by atoms with Gasteiger partial charge in [-0.05, 0) is 61.4 Å². The Bertz CT molecular complexity index is 1120. The Morgan fingerprint density at radius 2 is 1.96 bits per heavy atom. The molecule has 7 nitrogen and oxygen atoms in total. The Labute approximate surface area is 164 Å². The van der Waals surface area contributed by atoms with E-state index in [2.05, 4.69) is 41.7 Å². The molecule has 0 radical (unpaired) electrons. The zero-order valence-electron chi connectivity index (χ0n) is 16.3. The second-order valence-corrected chi connectivity index (χ2v) is 9.65. The summed E-state index contributed by atoms with van der Waals surface area (Å²) < 4.78 is 30.7. The van der Waals surface area contributed by atoms with Crippen molar-refractivity contribution in [3.05, 3.63) is 41.7 Å². The molecule has 148 valence electrons. The Kier molecular flexibility index (Phi) is 4.43. The highest BCUT2D eigenvalue weighted by Crippen LogP contribution is 2.40. The molecule has 3 aromatic rings. The molecule has 0 saturated heterocycles. The summed E-state index contributed by atoms with van der Waals surface area (Å²) in [4.78, 5) is 4.62. The highest BCUT2D eigenvalue weighted by atomic mass is 32.2. The van der Waals surface area contributed by atoms with Crippen LogP contribution in [0.1, 0.15) is 38.4 Å². The number of hydrogen-bond donors (Lipinski definition) is 1. The smallest absolute Gasteiger partial charge is 0.260 e. The maximum Gasteiger partial charge on any atom is 0.260 e. The molecule has 8 heteroatoms. The van der Waals surface area contributed by atoms with Gasteiger partial charge in [-0.15, -0.1) is 0 Å². The maximum absolute atomic E-state index is 11.4. The fourth-order valence-electron chi connectivity index (χ4n) is 3.84. The Hall–Kier alpha value is -2.45. The first-order chi connectivity index (χ1) is 13.2. The van der Waals surface area contributed by atoms with Gasteiger partial charge in [0.15, 0.2) is 0 Å². The number of primary sulfonamides is 1. The molecule has 1 aromatic carbocycles. The van der Waals surface area contributed by atoms with E-state index in [1.807, 2.05) is 0 Å². The second kappa shape index (κ2) is 6.56. The van der Waals surface area contributed by atoms with E-state index in [0.29, 0.717) is 22.7 Å². The molecule has 0 amide bonds. The van der Waals surface area contributed by atoms with E-state index in [-0.39, 0.29) is 4.90 Å². The van der Waals surface area contributed by atoms with Gasteiger partial charge >= 0.3 is 0 Å². The molecule has 0 saturated carbocycles. The van der Waals surface area contributed by atoms with Crippen molar-refractivity contribution in [3.8, 4) is 22.8 Å². The zero-order chi connectivity index (χ0) is 20.1. The van der Waals surface area contributed by atoms with E-state index in [1.165, 1.54) is 23.4 Å². The first kappa shape index (κ1) is 18.9. The van der Waals surface area contributed by atoms with Crippen LogP contribution in [0.2, 0.25) is 0 Å². The quantitative estimate of drug-likeness (QED) is 0.723. The van der Waals surface area contributed by atoms with E-state index < -0.39 is 10.0 Å². The molecule has 0 atom stereocenters. The van der Waals surface area contributed by atoms with Crippen LogP contribution >= 0.6 is 0 Å². The maximum atomic E-state index is 11.4. The van der Waals surface area contributed by atoms with Gasteiger partial charge in [0, 0.05) is 24.0 Å². The van der Waals surface area contributed by atoms with Crippen molar-refractivity contribution in [2.45, 2.75) is 51.5 Å². The van der Waals surface area contributed by atoms with Crippen LogP contribution in [-0.2, 0) is 29.4 Å². The van der Waals surface area contributed by atoms with Gasteiger partial charge in [0.2, 0.25) is 15.8 Å². The van der Waals surface area contributed by atoms with Gasteiger partial charge in [-0.2, -0.15) is 4.98 Å². The average Bonchev–Trinajstić information content (AvgIpc) is 3.24. The fourth-order valence-corrected chi connectivity index (χ4v) is 4.36. The van der Waals surface area contributed by atoms with Gasteiger partial charge in [-0.1, -0.05) is 19.0 Å². The summed E-state index contributed by atoms with van der Waals surface area (Å²) in [5.74, 6) is 0.916. The van der Waals surface area contributed by atoms with E-state index in [1.54, 1.807) is 12.1 Å². The van der Waals surface area contributed by atoms with Gasteiger partial charge in [0.05, 0.1) is 10.5 Å². The minimum absolute atomic E-state index is 0.0525. The molecular weight excluding hydrogens is 376 g/mol. The van der Waals surface area contributed by atoms with Crippen LogP contribution in [0.5, 0.6) is 0 Å². The molecule has 1 aliphatic rings. The number of benzene rings is 1. The van der Waals surface area contributed by atoms with E-state index >= 15 is 0 Å². The molecule has 0 aliphatic heterocycles. The Balaban J connectivity index is 1.70. The van der Waals surface area contributed by atoms with Gasteiger partial charge < -0.3 is 9.09 Å². The standard InChI is InChI=1S/C20H24N4O3S/c1-4-24-12-16(15-9-10-20(2,3)11-17(15)24)19-22-18(23-27-19)13-5-7-14(8-6-13)28(21,25)26/h5-8,12H,4,9-11H2,1-3H3,(H2,21,25,26). The SMILES string of the molecule is CCn1cc(-c2nc(-c3ccc(S(N)(=O)=O)cc3)no2)c2c1CC(C)(C)CC2. The number of hydrogen-bond acceptors (Lipinski definition) is 5. The van der Waals surface area contributed by atoms with Crippen LogP contribution in [0.3, 0.4) is 0 Å². The van der Waals surface area contributed by atoms with Gasteiger partial charge in [-0.3, -0.25) is 0 Å². The number of aromatic nitrogens is 3. The van der Waals surface area contributed by atoms with E-state index in [0.717, 1.165) is 31.4 Å². The van der Waals surface area contributed by atoms with Crippen LogP contribution in [-0.4, -0.2) is 23.1 Å². The molecule has 28 heavy (non-hydrogen) atoms. The number of nitrogens with two attached hydrogens (primary N) is 1. The van der Waals surface area contributed by atoms with Crippen molar-refractivity contribution in [2.75, 3.05) is 0 Å². The third-order valence-electron chi connectivity index (χ3n) is 5.44. The molecule has 2 heterocycles. The molecule has 2 N–H and O–H groups in total. The average molecular weight is 401 g/mol. The van der Waals surface area contributed by atoms with Crippen LogP contribution in [0.4, 0.5) is 0 Å². The number of nitrogens with zero attached hydrogens (tertiary/aromatic N) is 3. The predicted octanol–water partition coefficient (Wildman–Crippen LogP) is 3.39. The van der Waals surface area contributed by atoms with E-state index in [9.17, 15) is 8.42 Å². The fraction of sp³-hybridized carbons (Fsp3) is 0.400. The van der Waals surface area contributed by atoms with Gasteiger partial charge in [0.1, 0.15) is 0 Å². The van der Waals surface area contributed by atoms with Crippen molar-refractivity contribution >= 4 is 10.0 Å². The lowest BCUT2D eigenvalue weighted by molar-refractivity contribution is 0.306. The molecule has 1 aliphatic carbocycles. The number of rotatable bonds is 4. The Morgan fingerprint density at radius 1 is 1.25 bits per heavy atom. The molecule has 4 rings (SSSR count). The van der Waals surface area contributed by atoms with Crippen LogP contribution in [0.25, 0.3) is 22.8 Å². The van der Waals surface area contributed by atoms with Crippen molar-refractivity contribution < 1.29 is 12.9 Å². The number of sulfonamides is 1. The third-order valence-corrected chi connectivity index (χ3v) is 6.37. The van der Waals surface area contributed by atoms with Gasteiger partial charge in [-0.25, -0.2) is 13.6 Å². The van der Waals surface area contributed by atoms with Crippen LogP contribution in [0.15, 0.2) is 39.9 Å². The highest BCUT2D eigenvalue weighted by Gasteiger charge is 2.31. The topological polar surface area (TPSA) is 104 Å². The monoisotopic (exact) mass is 400 g/mol. The summed E-state index contributed by atoms with van der Waals surface area (Å²) in [6, 6.07) is 6.14. The van der Waals surface area contributed by atoms with Crippen molar-refractivity contribution in [2.24, 2.45) is 10.6 Å². The lowest BCUT2D eigenvalue weighted by Gasteiger charge is -2.30. The number of fused-ring (bicyclic) bond motifs is 1. The molecule has 0 bridgehead atoms. The lowest BCUT2D eigenvalue weighted by Crippen LogP contribution is -2.23. The Morgan fingerprint density at radius 3 is 2.61 bits per heavy atom. The van der Waals surface area contributed by atoms with E-state index in [4.69, 9.17) is 9.66 Å². The normalized spacial score (nSPS) is 16.1. The predicted molar refractivity (Wildman–Crippen MR) is 106 cm³/mol. The summed E-state index contributed by atoms with van der Waals surface area (Å²) in [6.07, 6.45) is 5.25. The summed E-state index contributed by atoms with van der Waals surface area (Å²) in [5, 5.41) is 9.24.